The molecule has 214 valence electrons. The number of sulfonamides is 1. The van der Waals surface area contributed by atoms with Gasteiger partial charge in [-0.1, -0.05) is 0 Å². The van der Waals surface area contributed by atoms with Gasteiger partial charge in [-0.25, -0.2) is 13.1 Å². The van der Waals surface area contributed by atoms with E-state index >= 15 is 0 Å². The summed E-state index contributed by atoms with van der Waals surface area (Å²) in [5.41, 5.74) is 2.51. The molecule has 4 heterocycles. The summed E-state index contributed by atoms with van der Waals surface area (Å²) in [7, 11) is -3.79. The lowest BCUT2D eigenvalue weighted by Crippen LogP contribution is -2.44. The standard InChI is InChI=1S/C28H35N5O5S2/c1-17(2)31-12-11-22-23(14-31)39-26(24(22)27(35)33-19(4)13-18(3)30-33)29-25(34)20-7-9-21(10-8-20)40(36,37)32-16-38-15-28(32,5)6/h7-10,13,17H,11-12,14-16H2,1-6H3,(H,29,34). The first kappa shape index (κ1) is 28.6. The SMILES string of the molecule is Cc1cc(C)n(C(=O)c2c(NC(=O)c3ccc(S(=O)(=O)N4COCC4(C)C)cc3)sc3c2CCN(C(C)C)C3)n1. The molecule has 10 nitrogen and oxygen atoms in total. The average Bonchev–Trinajstić information content (AvgIpc) is 3.56. The van der Waals surface area contributed by atoms with E-state index in [4.69, 9.17) is 4.74 Å². The average molecular weight is 586 g/mol. The van der Waals surface area contributed by atoms with Gasteiger partial charge in [0.2, 0.25) is 10.0 Å². The topological polar surface area (TPSA) is 114 Å². The van der Waals surface area contributed by atoms with E-state index in [1.807, 2.05) is 33.8 Å². The lowest BCUT2D eigenvalue weighted by atomic mass is 10.0. The first-order chi connectivity index (χ1) is 18.8. The highest BCUT2D eigenvalue weighted by atomic mass is 32.2. The van der Waals surface area contributed by atoms with Crippen LogP contribution < -0.4 is 5.32 Å². The van der Waals surface area contributed by atoms with Crippen molar-refractivity contribution in [1.29, 1.82) is 0 Å². The molecule has 0 unspecified atom stereocenters. The van der Waals surface area contributed by atoms with Crippen LogP contribution in [-0.4, -0.2) is 70.7 Å². The molecule has 1 saturated heterocycles. The van der Waals surface area contributed by atoms with Gasteiger partial charge in [0.25, 0.3) is 11.8 Å². The van der Waals surface area contributed by atoms with Crippen molar-refractivity contribution in [2.24, 2.45) is 0 Å². The number of fused-ring (bicyclic) bond motifs is 1. The van der Waals surface area contributed by atoms with Crippen LogP contribution in [0.25, 0.3) is 0 Å². The Bertz CT molecular complexity index is 1570. The molecule has 1 fully saturated rings. The lowest BCUT2D eigenvalue weighted by Gasteiger charge is -2.30. The number of carbonyl (C=O) groups excluding carboxylic acids is 2. The summed E-state index contributed by atoms with van der Waals surface area (Å²) >= 11 is 1.41. The first-order valence-corrected chi connectivity index (χ1v) is 15.5. The number of benzene rings is 1. The highest BCUT2D eigenvalue weighted by Crippen LogP contribution is 2.38. The van der Waals surface area contributed by atoms with Crippen LogP contribution >= 0.6 is 11.3 Å². The second-order valence-electron chi connectivity index (χ2n) is 11.3. The minimum absolute atomic E-state index is 0.0130. The summed E-state index contributed by atoms with van der Waals surface area (Å²) < 4.78 is 34.5. The van der Waals surface area contributed by atoms with Crippen molar-refractivity contribution in [3.8, 4) is 0 Å². The summed E-state index contributed by atoms with van der Waals surface area (Å²) in [5, 5.41) is 7.82. The van der Waals surface area contributed by atoms with Crippen LogP contribution in [0.2, 0.25) is 0 Å². The Balaban J connectivity index is 1.45. The van der Waals surface area contributed by atoms with E-state index < -0.39 is 21.5 Å². The summed E-state index contributed by atoms with van der Waals surface area (Å²) in [6.07, 6.45) is 0.698. The van der Waals surface area contributed by atoms with Crippen molar-refractivity contribution in [3.05, 3.63) is 63.3 Å². The fourth-order valence-electron chi connectivity index (χ4n) is 5.22. The van der Waals surface area contributed by atoms with Crippen LogP contribution in [0.3, 0.4) is 0 Å². The highest BCUT2D eigenvalue weighted by molar-refractivity contribution is 7.89. The Morgan fingerprint density at radius 1 is 1.15 bits per heavy atom. The quantitative estimate of drug-likeness (QED) is 0.465. The molecular formula is C28H35N5O5S2. The van der Waals surface area contributed by atoms with Gasteiger partial charge in [0.1, 0.15) is 11.7 Å². The number of rotatable bonds is 6. The molecule has 0 bridgehead atoms. The van der Waals surface area contributed by atoms with Crippen LogP contribution in [0.4, 0.5) is 5.00 Å². The Kier molecular flexibility index (Phi) is 7.51. The second kappa shape index (κ2) is 10.5. The van der Waals surface area contributed by atoms with Crippen molar-refractivity contribution in [2.75, 3.05) is 25.2 Å². The van der Waals surface area contributed by atoms with Gasteiger partial charge in [-0.15, -0.1) is 11.3 Å². The normalized spacial score (nSPS) is 17.8. The van der Waals surface area contributed by atoms with Gasteiger partial charge in [-0.2, -0.15) is 9.40 Å². The van der Waals surface area contributed by atoms with Crippen LogP contribution in [0, 0.1) is 13.8 Å². The number of nitrogens with zero attached hydrogens (tertiary/aromatic N) is 4. The van der Waals surface area contributed by atoms with E-state index in [1.54, 1.807) is 0 Å². The fraction of sp³-hybridized carbons (Fsp3) is 0.464. The van der Waals surface area contributed by atoms with Gasteiger partial charge < -0.3 is 10.1 Å². The number of hydrogen-bond donors (Lipinski definition) is 1. The maximum atomic E-state index is 13.8. The van der Waals surface area contributed by atoms with E-state index in [9.17, 15) is 18.0 Å². The molecule has 0 aliphatic carbocycles. The maximum Gasteiger partial charge on any atom is 0.281 e. The second-order valence-corrected chi connectivity index (χ2v) is 14.3. The lowest BCUT2D eigenvalue weighted by molar-refractivity contribution is 0.0941. The van der Waals surface area contributed by atoms with E-state index in [-0.39, 0.29) is 23.1 Å². The minimum atomic E-state index is -3.79. The van der Waals surface area contributed by atoms with Crippen LogP contribution in [0.15, 0.2) is 35.2 Å². The Morgan fingerprint density at radius 3 is 2.42 bits per heavy atom. The number of aromatic nitrogens is 2. The number of hydrogen-bond acceptors (Lipinski definition) is 8. The molecule has 1 aromatic carbocycles. The molecule has 40 heavy (non-hydrogen) atoms. The van der Waals surface area contributed by atoms with Crippen molar-refractivity contribution in [3.63, 3.8) is 0 Å². The molecule has 0 spiro atoms. The zero-order chi connectivity index (χ0) is 29.0. The van der Waals surface area contributed by atoms with Gasteiger partial charge >= 0.3 is 0 Å². The van der Waals surface area contributed by atoms with Crippen LogP contribution in [0.1, 0.15) is 70.2 Å². The molecule has 12 heteroatoms. The highest BCUT2D eigenvalue weighted by Gasteiger charge is 2.42. The van der Waals surface area contributed by atoms with Crippen molar-refractivity contribution in [1.82, 2.24) is 19.0 Å². The molecule has 1 N–H and O–H groups in total. The third kappa shape index (κ3) is 5.14. The van der Waals surface area contributed by atoms with Crippen molar-refractivity contribution < 1.29 is 22.7 Å². The molecule has 0 atom stereocenters. The monoisotopic (exact) mass is 585 g/mol. The zero-order valence-electron chi connectivity index (χ0n) is 23.6. The molecule has 2 aliphatic heterocycles. The van der Waals surface area contributed by atoms with Crippen LogP contribution in [-0.2, 0) is 27.7 Å². The first-order valence-electron chi connectivity index (χ1n) is 13.3. The molecule has 3 aromatic rings. The molecule has 2 aliphatic rings. The number of amides is 1. The van der Waals surface area contributed by atoms with Gasteiger partial charge in [0, 0.05) is 35.3 Å². The fourth-order valence-corrected chi connectivity index (χ4v) is 8.13. The Morgan fingerprint density at radius 2 is 1.85 bits per heavy atom. The third-order valence-corrected chi connectivity index (χ3v) is 10.7. The Labute approximate surface area is 239 Å². The van der Waals surface area contributed by atoms with Gasteiger partial charge in [-0.05, 0) is 83.9 Å². The zero-order valence-corrected chi connectivity index (χ0v) is 25.3. The smallest absolute Gasteiger partial charge is 0.281 e. The van der Waals surface area contributed by atoms with E-state index in [0.29, 0.717) is 36.2 Å². The number of carbonyl (C=O) groups is 2. The third-order valence-electron chi connectivity index (χ3n) is 7.50. The number of thiophene rings is 1. The van der Waals surface area contributed by atoms with Gasteiger partial charge in [-0.3, -0.25) is 14.5 Å². The molecule has 2 aromatic heterocycles. The number of nitrogens with one attached hydrogen (secondary N) is 1. The predicted molar refractivity (Wildman–Crippen MR) is 153 cm³/mol. The minimum Gasteiger partial charge on any atom is -0.363 e. The molecule has 0 radical (unpaired) electrons. The van der Waals surface area contributed by atoms with E-state index in [1.165, 1.54) is 44.6 Å². The summed E-state index contributed by atoms with van der Waals surface area (Å²) in [6, 6.07) is 8.04. The van der Waals surface area contributed by atoms with E-state index in [0.717, 1.165) is 28.4 Å². The Hall–Kier alpha value is -2.90. The maximum absolute atomic E-state index is 13.8. The number of aryl methyl sites for hydroxylation is 2. The summed E-state index contributed by atoms with van der Waals surface area (Å²) in [5.74, 6) is -0.691. The van der Waals surface area contributed by atoms with E-state index in [2.05, 4.69) is 29.2 Å². The molecule has 1 amide bonds. The summed E-state index contributed by atoms with van der Waals surface area (Å²) in [4.78, 5) is 30.6. The largest absolute Gasteiger partial charge is 0.363 e. The molecular weight excluding hydrogens is 550 g/mol. The number of ether oxygens (including phenoxy) is 1. The van der Waals surface area contributed by atoms with Crippen molar-refractivity contribution in [2.45, 2.75) is 71.0 Å². The van der Waals surface area contributed by atoms with Gasteiger partial charge in [0.05, 0.1) is 28.3 Å². The summed E-state index contributed by atoms with van der Waals surface area (Å²) in [6.45, 7) is 13.4. The van der Waals surface area contributed by atoms with Crippen LogP contribution in [0.5, 0.6) is 0 Å². The number of anilines is 1. The van der Waals surface area contributed by atoms with Gasteiger partial charge in [0.15, 0.2) is 0 Å². The van der Waals surface area contributed by atoms with Crippen molar-refractivity contribution >= 4 is 38.2 Å². The molecule has 5 rings (SSSR count). The molecule has 0 saturated carbocycles. The predicted octanol–water partition coefficient (Wildman–Crippen LogP) is 4.03.